The first-order valence-electron chi connectivity index (χ1n) is 4.41. The molecule has 0 fully saturated rings. The van der Waals surface area contributed by atoms with Gasteiger partial charge in [0, 0.05) is 19.4 Å². The third-order valence-corrected chi connectivity index (χ3v) is 3.09. The summed E-state index contributed by atoms with van der Waals surface area (Å²) in [6.45, 7) is 4.33. The summed E-state index contributed by atoms with van der Waals surface area (Å²) in [6.07, 6.45) is 0.557. The smallest absolute Gasteiger partial charge is 0.281 e. The summed E-state index contributed by atoms with van der Waals surface area (Å²) >= 11 is 1.05. The van der Waals surface area contributed by atoms with Crippen LogP contribution in [-0.4, -0.2) is 11.0 Å². The van der Waals surface area contributed by atoms with Crippen molar-refractivity contribution in [2.75, 3.05) is 0 Å². The topological polar surface area (TPSA) is 38.9 Å². The van der Waals surface area contributed by atoms with Gasteiger partial charge in [0.15, 0.2) is 0 Å². The maximum atomic E-state index is 13.0. The molecule has 0 saturated carbocycles. The van der Waals surface area contributed by atoms with Gasteiger partial charge in [0.1, 0.15) is 0 Å². The number of halogens is 2. The number of thiazole rings is 1. The number of nitrogens with two attached hydrogens (primary N) is 1. The fourth-order valence-electron chi connectivity index (χ4n) is 1.22. The van der Waals surface area contributed by atoms with Crippen molar-refractivity contribution in [1.29, 1.82) is 0 Å². The van der Waals surface area contributed by atoms with Gasteiger partial charge in [-0.3, -0.25) is 0 Å². The lowest BCUT2D eigenvalue weighted by Crippen LogP contribution is -2.17. The van der Waals surface area contributed by atoms with Crippen molar-refractivity contribution in [1.82, 2.24) is 4.98 Å². The summed E-state index contributed by atoms with van der Waals surface area (Å²) in [5, 5.41) is 0.689. The van der Waals surface area contributed by atoms with Crippen LogP contribution in [0.15, 0.2) is 0 Å². The molecule has 1 unspecified atom stereocenters. The summed E-state index contributed by atoms with van der Waals surface area (Å²) < 4.78 is 26.0. The van der Waals surface area contributed by atoms with Crippen LogP contribution in [0.2, 0.25) is 0 Å². The first kappa shape index (κ1) is 11.5. The van der Waals surface area contributed by atoms with E-state index in [9.17, 15) is 8.78 Å². The quantitative estimate of drug-likeness (QED) is 0.849. The molecule has 0 radical (unpaired) electrons. The first-order valence-corrected chi connectivity index (χ1v) is 5.22. The number of nitrogens with zero attached hydrogens (tertiary/aromatic N) is 1. The summed E-state index contributed by atoms with van der Waals surface area (Å²) in [6, 6.07) is -0.0427. The van der Waals surface area contributed by atoms with Crippen molar-refractivity contribution in [3.8, 4) is 0 Å². The molecular formula is C9H14F2N2S. The molecule has 0 bridgehead atoms. The highest BCUT2D eigenvalue weighted by molar-refractivity contribution is 7.11. The van der Waals surface area contributed by atoms with Gasteiger partial charge in [0.25, 0.3) is 5.92 Å². The summed E-state index contributed by atoms with van der Waals surface area (Å²) in [5.41, 5.74) is 5.99. The molecule has 0 amide bonds. The summed E-state index contributed by atoms with van der Waals surface area (Å²) in [4.78, 5) is 4.12. The Morgan fingerprint density at radius 3 is 2.50 bits per heavy atom. The minimum Gasteiger partial charge on any atom is -0.328 e. The van der Waals surface area contributed by atoms with E-state index in [2.05, 4.69) is 4.98 Å². The molecule has 1 rings (SSSR count). The number of alkyl halides is 2. The second-order valence-corrected chi connectivity index (χ2v) is 4.68. The normalized spacial score (nSPS) is 14.4. The Bertz CT molecular complexity index is 315. The van der Waals surface area contributed by atoms with Crippen LogP contribution in [0.1, 0.15) is 29.4 Å². The standard InChI is InChI=1S/C9H14F2N2S/c1-5(12)4-7-13-6(2)8(14-7)9(3,10)11/h5H,4,12H2,1-3H3. The average Bonchev–Trinajstić information content (AvgIpc) is 2.27. The maximum Gasteiger partial charge on any atom is 0.281 e. The van der Waals surface area contributed by atoms with E-state index in [0.717, 1.165) is 18.3 Å². The highest BCUT2D eigenvalue weighted by Crippen LogP contribution is 2.34. The first-order chi connectivity index (χ1) is 6.30. The fourth-order valence-corrected chi connectivity index (χ4v) is 2.36. The lowest BCUT2D eigenvalue weighted by atomic mass is 10.2. The van der Waals surface area contributed by atoms with Gasteiger partial charge in [0.05, 0.1) is 15.6 Å². The van der Waals surface area contributed by atoms with Crippen molar-refractivity contribution in [2.45, 2.75) is 39.2 Å². The van der Waals surface area contributed by atoms with Crippen LogP contribution >= 0.6 is 11.3 Å². The lowest BCUT2D eigenvalue weighted by Gasteiger charge is -2.06. The Hall–Kier alpha value is -0.550. The van der Waals surface area contributed by atoms with Gasteiger partial charge in [-0.05, 0) is 13.8 Å². The molecule has 1 aromatic heterocycles. The molecule has 0 aliphatic rings. The Morgan fingerprint density at radius 2 is 2.14 bits per heavy atom. The fraction of sp³-hybridized carbons (Fsp3) is 0.667. The number of hydrogen-bond acceptors (Lipinski definition) is 3. The molecule has 0 spiro atoms. The predicted molar refractivity (Wildman–Crippen MR) is 53.8 cm³/mol. The van der Waals surface area contributed by atoms with E-state index in [4.69, 9.17) is 5.73 Å². The molecule has 80 valence electrons. The Morgan fingerprint density at radius 1 is 1.57 bits per heavy atom. The van der Waals surface area contributed by atoms with Crippen LogP contribution in [0.25, 0.3) is 0 Å². The van der Waals surface area contributed by atoms with Crippen molar-refractivity contribution < 1.29 is 8.78 Å². The van der Waals surface area contributed by atoms with Crippen LogP contribution in [0.3, 0.4) is 0 Å². The second kappa shape index (κ2) is 3.90. The number of aryl methyl sites for hydroxylation is 1. The molecule has 0 aliphatic heterocycles. The predicted octanol–water partition coefficient (Wildman–Crippen LogP) is 2.45. The van der Waals surface area contributed by atoms with Gasteiger partial charge >= 0.3 is 0 Å². The zero-order valence-corrected chi connectivity index (χ0v) is 9.29. The molecule has 1 aromatic rings. The Labute approximate surface area is 86.2 Å². The van der Waals surface area contributed by atoms with Crippen LogP contribution < -0.4 is 5.73 Å². The monoisotopic (exact) mass is 220 g/mol. The largest absolute Gasteiger partial charge is 0.328 e. The van der Waals surface area contributed by atoms with E-state index in [1.54, 1.807) is 6.92 Å². The van der Waals surface area contributed by atoms with E-state index < -0.39 is 5.92 Å². The van der Waals surface area contributed by atoms with E-state index in [1.807, 2.05) is 6.92 Å². The molecule has 0 aromatic carbocycles. The highest BCUT2D eigenvalue weighted by Gasteiger charge is 2.29. The average molecular weight is 220 g/mol. The van der Waals surface area contributed by atoms with Crippen LogP contribution in [-0.2, 0) is 12.3 Å². The molecule has 0 aliphatic carbocycles. The van der Waals surface area contributed by atoms with Gasteiger partial charge in [-0.2, -0.15) is 0 Å². The summed E-state index contributed by atoms with van der Waals surface area (Å²) in [5.74, 6) is -2.79. The molecule has 5 heteroatoms. The Kier molecular flexibility index (Phi) is 3.21. The van der Waals surface area contributed by atoms with Gasteiger partial charge in [0.2, 0.25) is 0 Å². The van der Waals surface area contributed by atoms with Crippen LogP contribution in [0.5, 0.6) is 0 Å². The van der Waals surface area contributed by atoms with E-state index in [1.165, 1.54) is 0 Å². The molecule has 0 saturated heterocycles. The van der Waals surface area contributed by atoms with Crippen LogP contribution in [0, 0.1) is 6.92 Å². The molecule has 2 nitrogen and oxygen atoms in total. The minimum atomic E-state index is -2.79. The molecule has 14 heavy (non-hydrogen) atoms. The maximum absolute atomic E-state index is 13.0. The van der Waals surface area contributed by atoms with Crippen molar-refractivity contribution >= 4 is 11.3 Å². The van der Waals surface area contributed by atoms with Gasteiger partial charge in [-0.15, -0.1) is 11.3 Å². The van der Waals surface area contributed by atoms with E-state index in [-0.39, 0.29) is 10.9 Å². The highest BCUT2D eigenvalue weighted by atomic mass is 32.1. The zero-order valence-electron chi connectivity index (χ0n) is 8.47. The van der Waals surface area contributed by atoms with Gasteiger partial charge in [-0.1, -0.05) is 0 Å². The Balaban J connectivity index is 2.94. The molecule has 1 atom stereocenters. The SMILES string of the molecule is Cc1nc(CC(C)N)sc1C(C)(F)F. The van der Waals surface area contributed by atoms with Crippen molar-refractivity contribution in [2.24, 2.45) is 5.73 Å². The molecule has 2 N–H and O–H groups in total. The molecule has 1 heterocycles. The van der Waals surface area contributed by atoms with E-state index in [0.29, 0.717) is 17.1 Å². The van der Waals surface area contributed by atoms with Crippen molar-refractivity contribution in [3.63, 3.8) is 0 Å². The second-order valence-electron chi connectivity index (χ2n) is 3.59. The number of aromatic nitrogens is 1. The number of rotatable bonds is 3. The molecular weight excluding hydrogens is 206 g/mol. The third kappa shape index (κ3) is 2.72. The van der Waals surface area contributed by atoms with E-state index >= 15 is 0 Å². The zero-order chi connectivity index (χ0) is 10.9. The van der Waals surface area contributed by atoms with Gasteiger partial charge in [-0.25, -0.2) is 13.8 Å². The third-order valence-electron chi connectivity index (χ3n) is 1.74. The lowest BCUT2D eigenvalue weighted by molar-refractivity contribution is 0.0206. The summed E-state index contributed by atoms with van der Waals surface area (Å²) in [7, 11) is 0. The number of hydrogen-bond donors (Lipinski definition) is 1. The van der Waals surface area contributed by atoms with Crippen LogP contribution in [0.4, 0.5) is 8.78 Å². The minimum absolute atomic E-state index is 0.0427. The van der Waals surface area contributed by atoms with Gasteiger partial charge < -0.3 is 5.73 Å². The van der Waals surface area contributed by atoms with Crippen molar-refractivity contribution in [3.05, 3.63) is 15.6 Å².